The molecule has 1 heterocycles. The summed E-state index contributed by atoms with van der Waals surface area (Å²) in [5, 5.41) is 8.63. The summed E-state index contributed by atoms with van der Waals surface area (Å²) in [5.74, 6) is -1.78. The first-order chi connectivity index (χ1) is 10.5. The van der Waals surface area contributed by atoms with Crippen molar-refractivity contribution in [2.24, 2.45) is 0 Å². The van der Waals surface area contributed by atoms with Crippen LogP contribution in [0.15, 0.2) is 46.1 Å². The number of hydrogen-bond donors (Lipinski definition) is 1. The van der Waals surface area contributed by atoms with Gasteiger partial charge in [0.1, 0.15) is 5.75 Å². The van der Waals surface area contributed by atoms with E-state index in [2.05, 4.69) is 0 Å². The van der Waals surface area contributed by atoms with E-state index in [1.165, 1.54) is 24.3 Å². The van der Waals surface area contributed by atoms with E-state index in [4.69, 9.17) is 10.00 Å². The van der Waals surface area contributed by atoms with Gasteiger partial charge in [0.25, 0.3) is 5.56 Å². The zero-order valence-corrected chi connectivity index (χ0v) is 10.9. The minimum Gasteiger partial charge on any atom is -0.423 e. The third kappa shape index (κ3) is 3.55. The standard InChI is InChI=1S/C14H8FN3O4/c15-11-8-18(14(21)17-13(11)20)6-5-12(19)22-10-3-1-9(7-16)2-4-10/h1-6,8H,(H,17,20,21)/b6-5+. The lowest BCUT2D eigenvalue weighted by Gasteiger charge is -2.01. The highest BCUT2D eigenvalue weighted by atomic mass is 19.1. The summed E-state index contributed by atoms with van der Waals surface area (Å²) in [7, 11) is 0. The van der Waals surface area contributed by atoms with Crippen molar-refractivity contribution < 1.29 is 13.9 Å². The molecule has 0 amide bonds. The average molecular weight is 301 g/mol. The Morgan fingerprint density at radius 2 is 2.00 bits per heavy atom. The van der Waals surface area contributed by atoms with Crippen molar-refractivity contribution in [1.29, 1.82) is 5.26 Å². The molecule has 0 saturated carbocycles. The highest BCUT2D eigenvalue weighted by molar-refractivity contribution is 5.86. The first-order valence-corrected chi connectivity index (χ1v) is 5.91. The van der Waals surface area contributed by atoms with Crippen LogP contribution in [0.2, 0.25) is 0 Å². The summed E-state index contributed by atoms with van der Waals surface area (Å²) in [4.78, 5) is 35.5. The van der Waals surface area contributed by atoms with Gasteiger partial charge in [-0.25, -0.2) is 9.59 Å². The van der Waals surface area contributed by atoms with E-state index in [1.807, 2.05) is 6.07 Å². The van der Waals surface area contributed by atoms with Crippen molar-refractivity contribution in [2.75, 3.05) is 0 Å². The maximum absolute atomic E-state index is 13.0. The molecule has 22 heavy (non-hydrogen) atoms. The number of halogens is 1. The first kappa shape index (κ1) is 14.9. The first-order valence-electron chi connectivity index (χ1n) is 5.91. The molecule has 0 radical (unpaired) electrons. The summed E-state index contributed by atoms with van der Waals surface area (Å²) in [6.45, 7) is 0. The summed E-state index contributed by atoms with van der Waals surface area (Å²) >= 11 is 0. The molecule has 1 aromatic heterocycles. The number of aromatic nitrogens is 2. The molecular formula is C14H8FN3O4. The van der Waals surface area contributed by atoms with Gasteiger partial charge in [-0.05, 0) is 24.3 Å². The van der Waals surface area contributed by atoms with Gasteiger partial charge in [0.15, 0.2) is 0 Å². The van der Waals surface area contributed by atoms with E-state index >= 15 is 0 Å². The Morgan fingerprint density at radius 3 is 2.64 bits per heavy atom. The molecule has 1 aromatic carbocycles. The molecule has 1 N–H and O–H groups in total. The van der Waals surface area contributed by atoms with Gasteiger partial charge in [0.05, 0.1) is 17.8 Å². The molecule has 110 valence electrons. The lowest BCUT2D eigenvalue weighted by molar-refractivity contribution is -0.128. The number of rotatable bonds is 3. The number of hydrogen-bond acceptors (Lipinski definition) is 5. The highest BCUT2D eigenvalue weighted by Crippen LogP contribution is 2.11. The predicted molar refractivity (Wildman–Crippen MR) is 73.4 cm³/mol. The van der Waals surface area contributed by atoms with E-state index < -0.39 is 23.0 Å². The average Bonchev–Trinajstić information content (AvgIpc) is 2.50. The van der Waals surface area contributed by atoms with Crippen LogP contribution >= 0.6 is 0 Å². The van der Waals surface area contributed by atoms with E-state index in [-0.39, 0.29) is 5.75 Å². The molecule has 0 aliphatic carbocycles. The quantitative estimate of drug-likeness (QED) is 0.508. The van der Waals surface area contributed by atoms with Gasteiger partial charge in [0.2, 0.25) is 5.82 Å². The normalized spacial score (nSPS) is 10.4. The molecule has 0 saturated heterocycles. The molecule has 0 unspecified atom stereocenters. The molecule has 0 fully saturated rings. The molecule has 0 spiro atoms. The number of esters is 1. The third-order valence-electron chi connectivity index (χ3n) is 2.50. The fourth-order valence-corrected chi connectivity index (χ4v) is 1.46. The second-order valence-corrected chi connectivity index (χ2v) is 4.02. The van der Waals surface area contributed by atoms with Gasteiger partial charge >= 0.3 is 11.7 Å². The molecule has 0 aliphatic heterocycles. The van der Waals surface area contributed by atoms with Gasteiger partial charge in [0, 0.05) is 12.3 Å². The molecule has 0 atom stereocenters. The number of nitriles is 1. The fourth-order valence-electron chi connectivity index (χ4n) is 1.46. The number of nitrogens with one attached hydrogen (secondary N) is 1. The Balaban J connectivity index is 2.11. The minimum absolute atomic E-state index is 0.202. The molecule has 2 aromatic rings. The Kier molecular flexibility index (Phi) is 4.29. The molecule has 2 rings (SSSR count). The number of carbonyl (C=O) groups is 1. The van der Waals surface area contributed by atoms with Gasteiger partial charge in [-0.2, -0.15) is 9.65 Å². The summed E-state index contributed by atoms with van der Waals surface area (Å²) < 4.78 is 18.6. The summed E-state index contributed by atoms with van der Waals surface area (Å²) in [6.07, 6.45) is 2.48. The van der Waals surface area contributed by atoms with Crippen LogP contribution in [0.4, 0.5) is 4.39 Å². The molecule has 7 nitrogen and oxygen atoms in total. The van der Waals surface area contributed by atoms with Crippen molar-refractivity contribution in [3.05, 3.63) is 68.8 Å². The largest absolute Gasteiger partial charge is 0.423 e. The Morgan fingerprint density at radius 1 is 1.32 bits per heavy atom. The lowest BCUT2D eigenvalue weighted by Crippen LogP contribution is -2.29. The van der Waals surface area contributed by atoms with Crippen LogP contribution in [0.3, 0.4) is 0 Å². The van der Waals surface area contributed by atoms with Gasteiger partial charge < -0.3 is 4.74 Å². The van der Waals surface area contributed by atoms with Crippen LogP contribution in [-0.2, 0) is 4.79 Å². The minimum atomic E-state index is -1.16. The number of carbonyl (C=O) groups excluding carboxylic acids is 1. The van der Waals surface area contributed by atoms with Gasteiger partial charge in [-0.1, -0.05) is 0 Å². The van der Waals surface area contributed by atoms with E-state index in [9.17, 15) is 18.8 Å². The zero-order valence-electron chi connectivity index (χ0n) is 10.9. The fraction of sp³-hybridized carbons (Fsp3) is 0. The van der Waals surface area contributed by atoms with Crippen molar-refractivity contribution in [3.63, 3.8) is 0 Å². The van der Waals surface area contributed by atoms with Gasteiger partial charge in [-0.3, -0.25) is 14.3 Å². The van der Waals surface area contributed by atoms with Crippen molar-refractivity contribution >= 4 is 12.2 Å². The highest BCUT2D eigenvalue weighted by Gasteiger charge is 2.03. The number of H-pyrrole nitrogens is 1. The van der Waals surface area contributed by atoms with E-state index in [0.717, 1.165) is 12.3 Å². The molecule has 0 bridgehead atoms. The molecule has 0 aliphatic rings. The van der Waals surface area contributed by atoms with Crippen molar-refractivity contribution in [1.82, 2.24) is 9.55 Å². The zero-order chi connectivity index (χ0) is 16.1. The van der Waals surface area contributed by atoms with Crippen LogP contribution in [0.5, 0.6) is 5.75 Å². The second-order valence-electron chi connectivity index (χ2n) is 4.02. The van der Waals surface area contributed by atoms with Crippen molar-refractivity contribution in [2.45, 2.75) is 0 Å². The van der Waals surface area contributed by atoms with Crippen molar-refractivity contribution in [3.8, 4) is 11.8 Å². The SMILES string of the molecule is N#Cc1ccc(OC(=O)/C=C/n2cc(F)c(=O)[nH]c2=O)cc1. The molecular weight excluding hydrogens is 293 g/mol. The Bertz CT molecular complexity index is 888. The lowest BCUT2D eigenvalue weighted by atomic mass is 10.2. The Hall–Kier alpha value is -3.47. The number of benzene rings is 1. The second kappa shape index (κ2) is 6.32. The van der Waals surface area contributed by atoms with E-state index in [1.54, 1.807) is 4.98 Å². The Labute approximate surface area is 122 Å². The smallest absolute Gasteiger partial charge is 0.337 e. The van der Waals surface area contributed by atoms with E-state index in [0.29, 0.717) is 16.3 Å². The van der Waals surface area contributed by atoms with Crippen LogP contribution in [-0.4, -0.2) is 15.5 Å². The number of ether oxygens (including phenoxy) is 1. The summed E-state index contributed by atoms with van der Waals surface area (Å²) in [6, 6.07) is 7.70. The predicted octanol–water partition coefficient (Wildman–Crippen LogP) is 0.624. The van der Waals surface area contributed by atoms with Gasteiger partial charge in [-0.15, -0.1) is 0 Å². The monoisotopic (exact) mass is 301 g/mol. The maximum Gasteiger partial charge on any atom is 0.337 e. The maximum atomic E-state index is 13.0. The number of aromatic amines is 1. The van der Waals surface area contributed by atoms with Crippen LogP contribution in [0, 0.1) is 17.1 Å². The van der Waals surface area contributed by atoms with Crippen LogP contribution < -0.4 is 16.0 Å². The molecule has 8 heteroatoms. The van der Waals surface area contributed by atoms with Crippen LogP contribution in [0.25, 0.3) is 6.20 Å². The third-order valence-corrected chi connectivity index (χ3v) is 2.50. The summed E-state index contributed by atoms with van der Waals surface area (Å²) in [5.41, 5.74) is -1.63. The topological polar surface area (TPSA) is 105 Å². The number of nitrogens with zero attached hydrogens (tertiary/aromatic N) is 2. The van der Waals surface area contributed by atoms with Crippen LogP contribution in [0.1, 0.15) is 5.56 Å².